The molecule has 32 heavy (non-hydrogen) atoms. The molecule has 3 heterocycles. The van der Waals surface area contributed by atoms with Crippen LogP contribution in [0.4, 0.5) is 0 Å². The Labute approximate surface area is 188 Å². The highest BCUT2D eigenvalue weighted by Gasteiger charge is 2.26. The Morgan fingerprint density at radius 2 is 1.59 bits per heavy atom. The summed E-state index contributed by atoms with van der Waals surface area (Å²) in [4.78, 5) is 33.9. The molecule has 0 atom stereocenters. The molecule has 7 nitrogen and oxygen atoms in total. The van der Waals surface area contributed by atoms with Gasteiger partial charge in [-0.3, -0.25) is 19.3 Å². The second-order valence-electron chi connectivity index (χ2n) is 8.07. The van der Waals surface area contributed by atoms with E-state index in [2.05, 4.69) is 29.1 Å². The largest absolute Gasteiger partial charge is 0.337 e. The van der Waals surface area contributed by atoms with Crippen LogP contribution < -0.4 is 0 Å². The van der Waals surface area contributed by atoms with Crippen LogP contribution >= 0.6 is 0 Å². The molecule has 0 spiro atoms. The van der Waals surface area contributed by atoms with E-state index in [0.717, 1.165) is 30.5 Å². The molecule has 1 aliphatic heterocycles. The van der Waals surface area contributed by atoms with Crippen molar-refractivity contribution in [1.29, 1.82) is 0 Å². The fourth-order valence-electron chi connectivity index (χ4n) is 4.15. The first kappa shape index (κ1) is 21.7. The van der Waals surface area contributed by atoms with Crippen molar-refractivity contribution < 1.29 is 9.59 Å². The van der Waals surface area contributed by atoms with Gasteiger partial charge >= 0.3 is 0 Å². The van der Waals surface area contributed by atoms with E-state index in [1.54, 1.807) is 30.7 Å². The summed E-state index contributed by atoms with van der Waals surface area (Å²) in [6, 6.07) is 13.6. The highest BCUT2D eigenvalue weighted by Crippen LogP contribution is 2.18. The maximum atomic E-state index is 13.4. The second kappa shape index (κ2) is 10.2. The van der Waals surface area contributed by atoms with Gasteiger partial charge < -0.3 is 9.80 Å². The Morgan fingerprint density at radius 3 is 2.28 bits per heavy atom. The van der Waals surface area contributed by atoms with Crippen LogP contribution in [0.3, 0.4) is 0 Å². The molecule has 4 rings (SSSR count). The minimum atomic E-state index is -0.0101. The molecule has 166 valence electrons. The van der Waals surface area contributed by atoms with Gasteiger partial charge in [-0.15, -0.1) is 0 Å². The number of hydrogen-bond donors (Lipinski definition) is 0. The van der Waals surface area contributed by atoms with Crippen LogP contribution in [0.5, 0.6) is 0 Å². The van der Waals surface area contributed by atoms with E-state index in [1.165, 1.54) is 0 Å². The van der Waals surface area contributed by atoms with Gasteiger partial charge in [0.2, 0.25) is 0 Å². The van der Waals surface area contributed by atoms with Crippen molar-refractivity contribution >= 4 is 11.8 Å². The lowest BCUT2D eigenvalue weighted by molar-refractivity contribution is 0.0718. The summed E-state index contributed by atoms with van der Waals surface area (Å²) in [5, 5.41) is 4.55. The highest BCUT2D eigenvalue weighted by atomic mass is 16.2. The van der Waals surface area contributed by atoms with E-state index >= 15 is 0 Å². The van der Waals surface area contributed by atoms with Gasteiger partial charge in [0.25, 0.3) is 11.8 Å². The quantitative estimate of drug-likeness (QED) is 0.601. The van der Waals surface area contributed by atoms with Gasteiger partial charge in [0.1, 0.15) is 0 Å². The Morgan fingerprint density at radius 1 is 0.906 bits per heavy atom. The van der Waals surface area contributed by atoms with Crippen molar-refractivity contribution in [2.75, 3.05) is 26.2 Å². The first-order valence-corrected chi connectivity index (χ1v) is 11.2. The fraction of sp³-hybridized carbons (Fsp3) is 0.360. The average Bonchev–Trinajstić information content (AvgIpc) is 3.06. The van der Waals surface area contributed by atoms with Gasteiger partial charge in [0.15, 0.2) is 0 Å². The number of benzene rings is 1. The van der Waals surface area contributed by atoms with Crippen molar-refractivity contribution in [3.05, 3.63) is 83.4 Å². The smallest absolute Gasteiger partial charge is 0.257 e. The molecule has 0 unspecified atom stereocenters. The number of rotatable bonds is 6. The summed E-state index contributed by atoms with van der Waals surface area (Å²) in [5.74, 6) is -0.00461. The molecule has 3 aromatic rings. The number of carbonyl (C=O) groups excluding carboxylic acids is 2. The fourth-order valence-corrected chi connectivity index (χ4v) is 4.15. The van der Waals surface area contributed by atoms with Crippen LogP contribution in [-0.4, -0.2) is 62.6 Å². The summed E-state index contributed by atoms with van der Waals surface area (Å²) < 4.78 is 1.95. The molecule has 0 aliphatic carbocycles. The highest BCUT2D eigenvalue weighted by molar-refractivity contribution is 5.96. The predicted molar refractivity (Wildman–Crippen MR) is 122 cm³/mol. The third-order valence-corrected chi connectivity index (χ3v) is 5.84. The molecule has 0 saturated carbocycles. The topological polar surface area (TPSA) is 71.3 Å². The minimum absolute atomic E-state index is 0.00553. The van der Waals surface area contributed by atoms with Gasteiger partial charge in [-0.25, -0.2) is 0 Å². The van der Waals surface area contributed by atoms with Gasteiger partial charge in [-0.1, -0.05) is 43.7 Å². The minimum Gasteiger partial charge on any atom is -0.337 e. The zero-order valence-electron chi connectivity index (χ0n) is 18.5. The van der Waals surface area contributed by atoms with E-state index in [0.29, 0.717) is 43.9 Å². The van der Waals surface area contributed by atoms with E-state index in [9.17, 15) is 9.59 Å². The molecular weight excluding hydrogens is 402 g/mol. The molecule has 0 N–H and O–H groups in total. The first-order chi connectivity index (χ1) is 15.7. The summed E-state index contributed by atoms with van der Waals surface area (Å²) in [6.45, 7) is 5.08. The number of amides is 2. The number of hydrogen-bond acceptors (Lipinski definition) is 4. The maximum absolute atomic E-state index is 13.4. The van der Waals surface area contributed by atoms with Crippen molar-refractivity contribution in [3.8, 4) is 0 Å². The van der Waals surface area contributed by atoms with E-state index in [-0.39, 0.29) is 11.8 Å². The lowest BCUT2D eigenvalue weighted by Crippen LogP contribution is -2.37. The van der Waals surface area contributed by atoms with Crippen molar-refractivity contribution in [1.82, 2.24) is 24.6 Å². The third kappa shape index (κ3) is 4.88. The normalized spacial score (nSPS) is 14.3. The Bertz CT molecular complexity index is 1050. The number of carbonyl (C=O) groups is 2. The van der Waals surface area contributed by atoms with Crippen LogP contribution in [0, 0.1) is 0 Å². The summed E-state index contributed by atoms with van der Waals surface area (Å²) in [6.07, 6.45) is 7.46. The first-order valence-electron chi connectivity index (χ1n) is 11.2. The van der Waals surface area contributed by atoms with E-state index in [1.807, 2.05) is 32.7 Å². The molecular formula is C25H29N5O2. The molecule has 1 aromatic carbocycles. The van der Waals surface area contributed by atoms with Crippen LogP contribution in [0.25, 0.3) is 0 Å². The Balaban J connectivity index is 1.47. The predicted octanol–water partition coefficient (Wildman–Crippen LogP) is 3.27. The molecule has 7 heteroatoms. The summed E-state index contributed by atoms with van der Waals surface area (Å²) >= 11 is 0. The van der Waals surface area contributed by atoms with E-state index < -0.39 is 0 Å². The van der Waals surface area contributed by atoms with Gasteiger partial charge in [0, 0.05) is 44.1 Å². The number of pyridine rings is 1. The molecule has 1 aliphatic rings. The number of nitrogens with zero attached hydrogens (tertiary/aromatic N) is 5. The Kier molecular flexibility index (Phi) is 6.94. The Hall–Kier alpha value is -3.48. The van der Waals surface area contributed by atoms with Gasteiger partial charge in [0.05, 0.1) is 24.0 Å². The molecule has 0 radical (unpaired) electrons. The zero-order valence-corrected chi connectivity index (χ0v) is 18.5. The SMILES string of the molecule is CCCc1c(C(=O)N2CCCN(C(=O)c3ccncc3)CC2)cnn1Cc1ccccc1. The maximum Gasteiger partial charge on any atom is 0.257 e. The molecule has 1 fully saturated rings. The summed E-state index contributed by atoms with van der Waals surface area (Å²) in [7, 11) is 0. The van der Waals surface area contributed by atoms with Gasteiger partial charge in [-0.2, -0.15) is 5.10 Å². The molecule has 2 aromatic heterocycles. The van der Waals surface area contributed by atoms with Crippen LogP contribution in [0.15, 0.2) is 61.1 Å². The molecule has 0 bridgehead atoms. The lowest BCUT2D eigenvalue weighted by atomic mass is 10.1. The lowest BCUT2D eigenvalue weighted by Gasteiger charge is -2.22. The summed E-state index contributed by atoms with van der Waals surface area (Å²) in [5.41, 5.74) is 3.45. The number of aromatic nitrogens is 3. The van der Waals surface area contributed by atoms with Crippen LogP contribution in [0.2, 0.25) is 0 Å². The molecule has 2 amide bonds. The van der Waals surface area contributed by atoms with Crippen molar-refractivity contribution in [2.24, 2.45) is 0 Å². The second-order valence-corrected chi connectivity index (χ2v) is 8.07. The standard InChI is InChI=1S/C25H29N5O2/c1-2-7-23-22(18-27-30(23)19-20-8-4-3-5-9-20)25(32)29-15-6-14-28(16-17-29)24(31)21-10-12-26-13-11-21/h3-5,8-13,18H,2,6-7,14-17,19H2,1H3. The average molecular weight is 432 g/mol. The monoisotopic (exact) mass is 431 g/mol. The van der Waals surface area contributed by atoms with Crippen LogP contribution in [0.1, 0.15) is 51.7 Å². The van der Waals surface area contributed by atoms with Gasteiger partial charge in [-0.05, 0) is 30.5 Å². The molecule has 1 saturated heterocycles. The zero-order chi connectivity index (χ0) is 22.3. The van der Waals surface area contributed by atoms with Crippen molar-refractivity contribution in [2.45, 2.75) is 32.7 Å². The van der Waals surface area contributed by atoms with E-state index in [4.69, 9.17) is 0 Å². The van der Waals surface area contributed by atoms with Crippen LogP contribution in [-0.2, 0) is 13.0 Å². The van der Waals surface area contributed by atoms with Crippen molar-refractivity contribution in [3.63, 3.8) is 0 Å². The third-order valence-electron chi connectivity index (χ3n) is 5.84.